The van der Waals surface area contributed by atoms with Gasteiger partial charge in [-0.2, -0.15) is 0 Å². The Balaban J connectivity index is 1.99. The van der Waals surface area contributed by atoms with E-state index in [9.17, 15) is 8.42 Å². The topological polar surface area (TPSA) is 46.6 Å². The average Bonchev–Trinajstić information content (AvgIpc) is 1.78. The second kappa shape index (κ2) is 2.68. The molecule has 2 fully saturated rings. The maximum atomic E-state index is 11.6. The lowest BCUT2D eigenvalue weighted by molar-refractivity contribution is -0.166. The van der Waals surface area contributed by atoms with E-state index in [1.807, 2.05) is 0 Å². The van der Waals surface area contributed by atoms with E-state index in [-0.39, 0.29) is 10.7 Å². The molecule has 0 bridgehead atoms. The van der Waals surface area contributed by atoms with Crippen molar-refractivity contribution in [1.82, 2.24) is 4.31 Å². The molecule has 2 aliphatic rings. The van der Waals surface area contributed by atoms with Gasteiger partial charge in [0, 0.05) is 18.5 Å². The molecule has 0 atom stereocenters. The van der Waals surface area contributed by atoms with Crippen LogP contribution in [0.2, 0.25) is 0 Å². The molecular weight excluding hydrogens is 190 g/mol. The predicted octanol–water partition coefficient (Wildman–Crippen LogP) is 0.0568. The summed E-state index contributed by atoms with van der Waals surface area (Å²) < 4.78 is 29.9. The maximum absolute atomic E-state index is 11.6. The van der Waals surface area contributed by atoms with Gasteiger partial charge >= 0.3 is 0 Å². The second-order valence-corrected chi connectivity index (χ2v) is 6.84. The van der Waals surface area contributed by atoms with Gasteiger partial charge in [0.2, 0.25) is 10.0 Å². The van der Waals surface area contributed by atoms with Crippen LogP contribution in [0.1, 0.15) is 13.8 Å². The summed E-state index contributed by atoms with van der Waals surface area (Å²) in [6.45, 7) is 6.23. The van der Waals surface area contributed by atoms with Gasteiger partial charge in [0.1, 0.15) is 0 Å². The molecule has 0 aromatic rings. The minimum Gasteiger partial charge on any atom is -0.380 e. The van der Waals surface area contributed by atoms with Crippen molar-refractivity contribution in [3.63, 3.8) is 0 Å². The Morgan fingerprint density at radius 3 is 2.15 bits per heavy atom. The van der Waals surface area contributed by atoms with E-state index in [4.69, 9.17) is 4.74 Å². The van der Waals surface area contributed by atoms with Crippen molar-refractivity contribution in [2.45, 2.75) is 19.1 Å². The standard InChI is InChI=1S/C8H15NO3S/c1-7(2)13(10,11)9-3-8(4-9)5-12-6-8/h7H,3-6H2,1-2H3. The number of nitrogens with zero attached hydrogens (tertiary/aromatic N) is 1. The molecule has 2 rings (SSSR count). The fraction of sp³-hybridized carbons (Fsp3) is 1.00. The van der Waals surface area contributed by atoms with Crippen LogP contribution < -0.4 is 0 Å². The number of rotatable bonds is 2. The minimum absolute atomic E-state index is 0.183. The van der Waals surface area contributed by atoms with Crippen LogP contribution in [-0.2, 0) is 14.8 Å². The van der Waals surface area contributed by atoms with Crippen molar-refractivity contribution in [3.05, 3.63) is 0 Å². The van der Waals surface area contributed by atoms with Crippen molar-refractivity contribution in [1.29, 1.82) is 0 Å². The van der Waals surface area contributed by atoms with E-state index in [0.717, 1.165) is 13.2 Å². The van der Waals surface area contributed by atoms with Gasteiger partial charge < -0.3 is 4.74 Å². The molecule has 0 aromatic heterocycles. The zero-order valence-electron chi connectivity index (χ0n) is 7.99. The quantitative estimate of drug-likeness (QED) is 0.640. The van der Waals surface area contributed by atoms with Gasteiger partial charge in [-0.25, -0.2) is 12.7 Å². The zero-order valence-corrected chi connectivity index (χ0v) is 8.80. The Labute approximate surface area is 78.9 Å². The molecule has 0 aliphatic carbocycles. The molecule has 1 spiro atoms. The summed E-state index contributed by atoms with van der Waals surface area (Å²) in [5.41, 5.74) is 0.183. The van der Waals surface area contributed by atoms with Crippen LogP contribution in [0.4, 0.5) is 0 Å². The van der Waals surface area contributed by atoms with E-state index in [0.29, 0.717) is 13.1 Å². The molecule has 2 aliphatic heterocycles. The predicted molar refractivity (Wildman–Crippen MR) is 48.9 cm³/mol. The van der Waals surface area contributed by atoms with Crippen molar-refractivity contribution < 1.29 is 13.2 Å². The Bertz CT molecular complexity index is 297. The lowest BCUT2D eigenvalue weighted by Crippen LogP contribution is -2.67. The molecule has 0 N–H and O–H groups in total. The van der Waals surface area contributed by atoms with Crippen molar-refractivity contribution in [2.24, 2.45) is 5.41 Å². The highest BCUT2D eigenvalue weighted by atomic mass is 32.2. The third kappa shape index (κ3) is 1.30. The summed E-state index contributed by atoms with van der Waals surface area (Å²) in [5.74, 6) is 0. The molecule has 0 radical (unpaired) electrons. The van der Waals surface area contributed by atoms with Gasteiger partial charge in [0.15, 0.2) is 0 Å². The van der Waals surface area contributed by atoms with E-state index in [1.54, 1.807) is 18.2 Å². The lowest BCUT2D eigenvalue weighted by atomic mass is 9.80. The Morgan fingerprint density at radius 1 is 1.31 bits per heavy atom. The van der Waals surface area contributed by atoms with Crippen molar-refractivity contribution in [2.75, 3.05) is 26.3 Å². The SMILES string of the molecule is CC(C)S(=O)(=O)N1CC2(COC2)C1. The number of ether oxygens (including phenoxy) is 1. The molecule has 0 amide bonds. The van der Waals surface area contributed by atoms with E-state index >= 15 is 0 Å². The first-order valence-corrected chi connectivity index (χ1v) is 6.03. The van der Waals surface area contributed by atoms with Crippen LogP contribution in [-0.4, -0.2) is 44.3 Å². The van der Waals surface area contributed by atoms with Gasteiger partial charge in [0.25, 0.3) is 0 Å². The third-order valence-corrected chi connectivity index (χ3v) is 4.97. The highest BCUT2D eigenvalue weighted by Crippen LogP contribution is 2.39. The molecule has 5 heteroatoms. The molecule has 0 unspecified atom stereocenters. The van der Waals surface area contributed by atoms with Gasteiger partial charge in [-0.1, -0.05) is 0 Å². The molecular formula is C8H15NO3S. The smallest absolute Gasteiger partial charge is 0.216 e. The summed E-state index contributed by atoms with van der Waals surface area (Å²) in [7, 11) is -3.01. The summed E-state index contributed by atoms with van der Waals surface area (Å²) in [6.07, 6.45) is 0. The molecule has 2 saturated heterocycles. The van der Waals surface area contributed by atoms with Crippen molar-refractivity contribution >= 4 is 10.0 Å². The van der Waals surface area contributed by atoms with Crippen LogP contribution in [0.5, 0.6) is 0 Å². The van der Waals surface area contributed by atoms with Gasteiger partial charge in [-0.15, -0.1) is 0 Å². The van der Waals surface area contributed by atoms with E-state index < -0.39 is 10.0 Å². The van der Waals surface area contributed by atoms with E-state index in [2.05, 4.69) is 0 Å². The molecule has 0 saturated carbocycles. The van der Waals surface area contributed by atoms with Gasteiger partial charge in [0.05, 0.1) is 18.5 Å². The summed E-state index contributed by atoms with van der Waals surface area (Å²) >= 11 is 0. The highest BCUT2D eigenvalue weighted by molar-refractivity contribution is 7.89. The molecule has 2 heterocycles. The Morgan fingerprint density at radius 2 is 1.85 bits per heavy atom. The zero-order chi connectivity index (χ0) is 9.69. The van der Waals surface area contributed by atoms with Crippen LogP contribution >= 0.6 is 0 Å². The second-order valence-electron chi connectivity index (χ2n) is 4.35. The summed E-state index contributed by atoms with van der Waals surface area (Å²) in [4.78, 5) is 0. The van der Waals surface area contributed by atoms with Crippen LogP contribution in [0.3, 0.4) is 0 Å². The summed E-state index contributed by atoms with van der Waals surface area (Å²) in [5, 5.41) is -0.300. The largest absolute Gasteiger partial charge is 0.380 e. The molecule has 76 valence electrons. The third-order valence-electron chi connectivity index (χ3n) is 2.80. The van der Waals surface area contributed by atoms with Crippen molar-refractivity contribution in [3.8, 4) is 0 Å². The van der Waals surface area contributed by atoms with Crippen LogP contribution in [0.25, 0.3) is 0 Å². The average molecular weight is 205 g/mol. The Hall–Kier alpha value is -0.130. The van der Waals surface area contributed by atoms with Crippen LogP contribution in [0, 0.1) is 5.41 Å². The highest BCUT2D eigenvalue weighted by Gasteiger charge is 2.53. The molecule has 4 nitrogen and oxygen atoms in total. The van der Waals surface area contributed by atoms with Gasteiger partial charge in [-0.3, -0.25) is 0 Å². The first-order valence-electron chi connectivity index (χ1n) is 4.53. The first-order chi connectivity index (χ1) is 5.96. The lowest BCUT2D eigenvalue weighted by Gasteiger charge is -2.54. The normalized spacial score (nSPS) is 27.3. The first kappa shape index (κ1) is 9.43. The summed E-state index contributed by atoms with van der Waals surface area (Å²) in [6, 6.07) is 0. The number of hydrogen-bond acceptors (Lipinski definition) is 3. The number of hydrogen-bond donors (Lipinski definition) is 0. The van der Waals surface area contributed by atoms with Crippen LogP contribution in [0.15, 0.2) is 0 Å². The molecule has 0 aromatic carbocycles. The fourth-order valence-corrected chi connectivity index (χ4v) is 3.26. The molecule has 13 heavy (non-hydrogen) atoms. The monoisotopic (exact) mass is 205 g/mol. The Kier molecular flexibility index (Phi) is 1.94. The number of sulfonamides is 1. The van der Waals surface area contributed by atoms with E-state index in [1.165, 1.54) is 0 Å². The maximum Gasteiger partial charge on any atom is 0.216 e. The minimum atomic E-state index is -3.01. The fourth-order valence-electron chi connectivity index (χ4n) is 1.75. The van der Waals surface area contributed by atoms with Gasteiger partial charge in [-0.05, 0) is 13.8 Å².